The first-order chi connectivity index (χ1) is 8.20. The number of nitrogens with one attached hydrogen (secondary N) is 1. The fourth-order valence-electron chi connectivity index (χ4n) is 2.30. The van der Waals surface area contributed by atoms with Crippen LogP contribution in [0.1, 0.15) is 43.5 Å². The van der Waals surface area contributed by atoms with Crippen LogP contribution in [0, 0.1) is 13.8 Å². The normalized spacial score (nSPS) is 17.1. The molecule has 1 heterocycles. The van der Waals surface area contributed by atoms with E-state index in [2.05, 4.69) is 22.2 Å². The van der Waals surface area contributed by atoms with Gasteiger partial charge in [-0.2, -0.15) is 0 Å². The second-order valence-electron chi connectivity index (χ2n) is 4.68. The minimum Gasteiger partial charge on any atom is -0.373 e. The van der Waals surface area contributed by atoms with E-state index >= 15 is 0 Å². The van der Waals surface area contributed by atoms with Crippen LogP contribution in [0.4, 0.5) is 5.82 Å². The van der Waals surface area contributed by atoms with Crippen molar-refractivity contribution in [1.29, 1.82) is 0 Å². The van der Waals surface area contributed by atoms with Gasteiger partial charge in [0.2, 0.25) is 0 Å². The van der Waals surface area contributed by atoms with Crippen LogP contribution in [0.3, 0.4) is 0 Å². The number of anilines is 1. The van der Waals surface area contributed by atoms with Crippen molar-refractivity contribution in [1.82, 2.24) is 9.97 Å². The number of rotatable bonds is 3. The van der Waals surface area contributed by atoms with Crippen LogP contribution >= 0.6 is 11.8 Å². The molecule has 0 aliphatic heterocycles. The van der Waals surface area contributed by atoms with E-state index < -0.39 is 0 Å². The molecular formula is C13H21N3S. The summed E-state index contributed by atoms with van der Waals surface area (Å²) in [5.74, 6) is 1.83. The van der Waals surface area contributed by atoms with E-state index in [9.17, 15) is 0 Å². The molecule has 1 saturated carbocycles. The van der Waals surface area contributed by atoms with Gasteiger partial charge in [0.25, 0.3) is 0 Å². The van der Waals surface area contributed by atoms with Crippen LogP contribution in [-0.4, -0.2) is 22.3 Å². The molecular weight excluding hydrogens is 230 g/mol. The molecule has 2 rings (SSSR count). The standard InChI is InChI=1S/C13H21N3S/c1-9-12(14-3)15-10(2)16-13(9)17-11-7-5-4-6-8-11/h11H,4-8H2,1-3H3,(H,14,15,16). The van der Waals surface area contributed by atoms with Crippen LogP contribution in [0.5, 0.6) is 0 Å². The zero-order valence-corrected chi connectivity index (χ0v) is 11.7. The van der Waals surface area contributed by atoms with Gasteiger partial charge in [-0.05, 0) is 26.7 Å². The molecule has 0 aromatic carbocycles. The third-order valence-corrected chi connectivity index (χ3v) is 4.71. The van der Waals surface area contributed by atoms with Crippen LogP contribution < -0.4 is 5.32 Å². The van der Waals surface area contributed by atoms with Gasteiger partial charge in [-0.15, -0.1) is 11.8 Å². The molecule has 0 radical (unpaired) electrons. The highest BCUT2D eigenvalue weighted by Crippen LogP contribution is 2.35. The summed E-state index contributed by atoms with van der Waals surface area (Å²) >= 11 is 1.94. The van der Waals surface area contributed by atoms with Crippen molar-refractivity contribution < 1.29 is 0 Å². The number of hydrogen-bond acceptors (Lipinski definition) is 4. The van der Waals surface area contributed by atoms with Crippen molar-refractivity contribution in [3.63, 3.8) is 0 Å². The summed E-state index contributed by atoms with van der Waals surface area (Å²) in [4.78, 5) is 9.00. The van der Waals surface area contributed by atoms with Gasteiger partial charge in [0.15, 0.2) is 0 Å². The molecule has 0 amide bonds. The summed E-state index contributed by atoms with van der Waals surface area (Å²) in [6.45, 7) is 4.07. The van der Waals surface area contributed by atoms with Gasteiger partial charge in [0.1, 0.15) is 16.7 Å². The fourth-order valence-corrected chi connectivity index (χ4v) is 3.64. The Hall–Kier alpha value is -0.770. The Morgan fingerprint density at radius 3 is 2.47 bits per heavy atom. The van der Waals surface area contributed by atoms with E-state index in [0.29, 0.717) is 0 Å². The quantitative estimate of drug-likeness (QED) is 0.834. The molecule has 17 heavy (non-hydrogen) atoms. The molecule has 1 aromatic heterocycles. The van der Waals surface area contributed by atoms with Gasteiger partial charge in [-0.25, -0.2) is 9.97 Å². The van der Waals surface area contributed by atoms with Crippen molar-refractivity contribution >= 4 is 17.6 Å². The van der Waals surface area contributed by atoms with Gasteiger partial charge in [-0.3, -0.25) is 0 Å². The van der Waals surface area contributed by atoms with Crippen molar-refractivity contribution in [2.24, 2.45) is 0 Å². The van der Waals surface area contributed by atoms with E-state index in [1.807, 2.05) is 25.7 Å². The zero-order chi connectivity index (χ0) is 12.3. The van der Waals surface area contributed by atoms with Gasteiger partial charge in [0.05, 0.1) is 0 Å². The molecule has 4 heteroatoms. The number of thioether (sulfide) groups is 1. The minimum atomic E-state index is 0.751. The van der Waals surface area contributed by atoms with Crippen LogP contribution in [0.25, 0.3) is 0 Å². The highest BCUT2D eigenvalue weighted by Gasteiger charge is 2.18. The first-order valence-corrected chi connectivity index (χ1v) is 7.28. The topological polar surface area (TPSA) is 37.8 Å². The third-order valence-electron chi connectivity index (χ3n) is 3.28. The third kappa shape index (κ3) is 3.12. The number of aryl methyl sites for hydroxylation is 1. The van der Waals surface area contributed by atoms with Gasteiger partial charge >= 0.3 is 0 Å². The van der Waals surface area contributed by atoms with E-state index in [1.165, 1.54) is 37.7 Å². The Morgan fingerprint density at radius 2 is 1.82 bits per heavy atom. The SMILES string of the molecule is CNc1nc(C)nc(SC2CCCCC2)c1C. The smallest absolute Gasteiger partial charge is 0.133 e. The van der Waals surface area contributed by atoms with E-state index in [4.69, 9.17) is 0 Å². The summed E-state index contributed by atoms with van der Waals surface area (Å²) in [6, 6.07) is 0. The molecule has 1 aliphatic rings. The number of hydrogen-bond donors (Lipinski definition) is 1. The van der Waals surface area contributed by atoms with Crippen LogP contribution in [0.15, 0.2) is 5.03 Å². The number of nitrogens with zero attached hydrogens (tertiary/aromatic N) is 2. The average Bonchev–Trinajstić information content (AvgIpc) is 2.34. The lowest BCUT2D eigenvalue weighted by molar-refractivity contribution is 0.515. The van der Waals surface area contributed by atoms with Gasteiger partial charge in [-0.1, -0.05) is 19.3 Å². The lowest BCUT2D eigenvalue weighted by Crippen LogP contribution is -2.10. The highest BCUT2D eigenvalue weighted by atomic mass is 32.2. The summed E-state index contributed by atoms with van der Waals surface area (Å²) in [5.41, 5.74) is 1.19. The molecule has 0 bridgehead atoms. The Bertz CT molecular complexity index is 386. The Balaban J connectivity index is 2.16. The maximum atomic E-state index is 4.59. The van der Waals surface area contributed by atoms with Crippen LogP contribution in [0.2, 0.25) is 0 Å². The van der Waals surface area contributed by atoms with Gasteiger partial charge in [0, 0.05) is 17.9 Å². The maximum Gasteiger partial charge on any atom is 0.133 e. The minimum absolute atomic E-state index is 0.751. The predicted molar refractivity (Wildman–Crippen MR) is 73.8 cm³/mol. The molecule has 1 N–H and O–H groups in total. The van der Waals surface area contributed by atoms with E-state index in [1.54, 1.807) is 0 Å². The first kappa shape index (κ1) is 12.7. The monoisotopic (exact) mass is 251 g/mol. The Kier molecular flexibility index (Phi) is 4.26. The summed E-state index contributed by atoms with van der Waals surface area (Å²) in [7, 11) is 1.92. The summed E-state index contributed by atoms with van der Waals surface area (Å²) in [6.07, 6.45) is 6.82. The molecule has 0 unspecified atom stereocenters. The molecule has 0 atom stereocenters. The molecule has 1 aliphatic carbocycles. The van der Waals surface area contributed by atoms with E-state index in [0.717, 1.165) is 21.9 Å². The Morgan fingerprint density at radius 1 is 1.12 bits per heavy atom. The molecule has 1 aromatic rings. The first-order valence-electron chi connectivity index (χ1n) is 6.40. The lowest BCUT2D eigenvalue weighted by atomic mass is 10.0. The lowest BCUT2D eigenvalue weighted by Gasteiger charge is -2.21. The Labute approximate surface area is 108 Å². The van der Waals surface area contributed by atoms with Crippen molar-refractivity contribution in [2.75, 3.05) is 12.4 Å². The van der Waals surface area contributed by atoms with Crippen molar-refractivity contribution in [3.8, 4) is 0 Å². The second kappa shape index (κ2) is 5.71. The largest absolute Gasteiger partial charge is 0.373 e. The predicted octanol–water partition coefficient (Wildman–Crippen LogP) is 3.56. The molecule has 3 nitrogen and oxygen atoms in total. The summed E-state index contributed by atoms with van der Waals surface area (Å²) in [5, 5.41) is 5.06. The van der Waals surface area contributed by atoms with Crippen molar-refractivity contribution in [3.05, 3.63) is 11.4 Å². The van der Waals surface area contributed by atoms with Gasteiger partial charge < -0.3 is 5.32 Å². The number of aromatic nitrogens is 2. The van der Waals surface area contributed by atoms with Crippen molar-refractivity contribution in [2.45, 2.75) is 56.2 Å². The average molecular weight is 251 g/mol. The highest BCUT2D eigenvalue weighted by molar-refractivity contribution is 7.99. The summed E-state index contributed by atoms with van der Waals surface area (Å²) < 4.78 is 0. The molecule has 0 saturated heterocycles. The maximum absolute atomic E-state index is 4.59. The van der Waals surface area contributed by atoms with Crippen LogP contribution in [-0.2, 0) is 0 Å². The molecule has 0 spiro atoms. The second-order valence-corrected chi connectivity index (χ2v) is 5.97. The fraction of sp³-hybridized carbons (Fsp3) is 0.692. The molecule has 1 fully saturated rings. The zero-order valence-electron chi connectivity index (χ0n) is 10.9. The molecule has 94 valence electrons. The van der Waals surface area contributed by atoms with E-state index in [-0.39, 0.29) is 0 Å².